The Balaban J connectivity index is 1.69. The second kappa shape index (κ2) is 5.51. The van der Waals surface area contributed by atoms with Gasteiger partial charge in [-0.1, -0.05) is 18.0 Å². The molecule has 1 aromatic heterocycles. The Hall–Kier alpha value is -1.07. The van der Waals surface area contributed by atoms with E-state index in [0.717, 1.165) is 18.9 Å². The second-order valence-electron chi connectivity index (χ2n) is 5.39. The smallest absolute Gasteiger partial charge is 0.157 e. The maximum Gasteiger partial charge on any atom is 0.157 e. The van der Waals surface area contributed by atoms with Gasteiger partial charge in [-0.15, -0.1) is 0 Å². The zero-order valence-corrected chi connectivity index (χ0v) is 11.8. The summed E-state index contributed by atoms with van der Waals surface area (Å²) in [4.78, 5) is 13.1. The molecule has 0 saturated carbocycles. The summed E-state index contributed by atoms with van der Waals surface area (Å²) in [6, 6.07) is 0.633. The molecule has 2 N–H and O–H groups in total. The Morgan fingerprint density at radius 1 is 1.16 bits per heavy atom. The maximum absolute atomic E-state index is 5.97. The molecule has 19 heavy (non-hydrogen) atoms. The van der Waals surface area contributed by atoms with Crippen LogP contribution in [0.15, 0.2) is 6.33 Å². The van der Waals surface area contributed by atoms with Gasteiger partial charge in [-0.25, -0.2) is 9.97 Å². The SMILES string of the molecule is Nc1c(Cl)ncnc1N1CCC(N2CCCCC2)C1. The molecule has 5 nitrogen and oxygen atoms in total. The lowest BCUT2D eigenvalue weighted by Gasteiger charge is -2.32. The van der Waals surface area contributed by atoms with Crippen LogP contribution in [0, 0.1) is 0 Å². The lowest BCUT2D eigenvalue weighted by Crippen LogP contribution is -2.41. The number of anilines is 2. The molecule has 104 valence electrons. The van der Waals surface area contributed by atoms with Gasteiger partial charge in [0.25, 0.3) is 0 Å². The first kappa shape index (κ1) is 12.9. The molecular weight excluding hydrogens is 262 g/mol. The highest BCUT2D eigenvalue weighted by Crippen LogP contribution is 2.30. The van der Waals surface area contributed by atoms with Crippen LogP contribution in [0.5, 0.6) is 0 Å². The number of hydrogen-bond acceptors (Lipinski definition) is 5. The summed E-state index contributed by atoms with van der Waals surface area (Å²) in [6.45, 7) is 4.47. The quantitative estimate of drug-likeness (QED) is 0.838. The van der Waals surface area contributed by atoms with Crippen molar-refractivity contribution in [3.8, 4) is 0 Å². The zero-order chi connectivity index (χ0) is 13.2. The minimum atomic E-state index is 0.353. The topological polar surface area (TPSA) is 58.3 Å². The molecule has 0 amide bonds. The molecule has 0 aromatic carbocycles. The number of rotatable bonds is 2. The Bertz CT molecular complexity index is 447. The number of nitrogens with zero attached hydrogens (tertiary/aromatic N) is 4. The largest absolute Gasteiger partial charge is 0.393 e. The number of likely N-dealkylation sites (tertiary alicyclic amines) is 1. The summed E-state index contributed by atoms with van der Waals surface area (Å²) in [5.41, 5.74) is 6.48. The highest BCUT2D eigenvalue weighted by molar-refractivity contribution is 6.32. The van der Waals surface area contributed by atoms with Crippen molar-refractivity contribution in [1.29, 1.82) is 0 Å². The molecule has 0 bridgehead atoms. The van der Waals surface area contributed by atoms with Crippen LogP contribution < -0.4 is 10.6 Å². The van der Waals surface area contributed by atoms with Gasteiger partial charge >= 0.3 is 0 Å². The summed E-state index contributed by atoms with van der Waals surface area (Å²) in [5.74, 6) is 0.791. The molecule has 1 aromatic rings. The molecular formula is C13H20ClN5. The van der Waals surface area contributed by atoms with Crippen molar-refractivity contribution < 1.29 is 0 Å². The first-order chi connectivity index (χ1) is 9.25. The van der Waals surface area contributed by atoms with Crippen LogP contribution in [-0.2, 0) is 0 Å². The van der Waals surface area contributed by atoms with Crippen molar-refractivity contribution in [2.75, 3.05) is 36.8 Å². The minimum absolute atomic E-state index is 0.353. The van der Waals surface area contributed by atoms with Crippen LogP contribution in [-0.4, -0.2) is 47.1 Å². The summed E-state index contributed by atoms with van der Waals surface area (Å²) < 4.78 is 0. The van der Waals surface area contributed by atoms with E-state index >= 15 is 0 Å². The van der Waals surface area contributed by atoms with Gasteiger partial charge in [-0.05, 0) is 32.4 Å². The molecule has 3 heterocycles. The average Bonchev–Trinajstić information content (AvgIpc) is 2.92. The number of nitrogen functional groups attached to an aromatic ring is 1. The van der Waals surface area contributed by atoms with E-state index in [1.807, 2.05) is 0 Å². The van der Waals surface area contributed by atoms with Crippen molar-refractivity contribution in [3.05, 3.63) is 11.5 Å². The van der Waals surface area contributed by atoms with Crippen LogP contribution >= 0.6 is 11.6 Å². The normalized spacial score (nSPS) is 24.9. The van der Waals surface area contributed by atoms with Crippen molar-refractivity contribution in [2.24, 2.45) is 0 Å². The summed E-state index contributed by atoms with van der Waals surface area (Å²) in [5, 5.41) is 0.353. The lowest BCUT2D eigenvalue weighted by molar-refractivity contribution is 0.175. The van der Waals surface area contributed by atoms with Crippen molar-refractivity contribution >= 4 is 23.1 Å². The fraction of sp³-hybridized carbons (Fsp3) is 0.692. The van der Waals surface area contributed by atoms with Gasteiger partial charge < -0.3 is 10.6 Å². The molecule has 1 atom stereocenters. The predicted octanol–water partition coefficient (Wildman–Crippen LogP) is 1.78. The van der Waals surface area contributed by atoms with Crippen LogP contribution in [0.1, 0.15) is 25.7 Å². The molecule has 2 saturated heterocycles. The van der Waals surface area contributed by atoms with Crippen molar-refractivity contribution in [3.63, 3.8) is 0 Å². The highest BCUT2D eigenvalue weighted by Gasteiger charge is 2.30. The van der Waals surface area contributed by atoms with Crippen LogP contribution in [0.4, 0.5) is 11.5 Å². The fourth-order valence-electron chi connectivity index (χ4n) is 3.13. The third-order valence-corrected chi connectivity index (χ3v) is 4.49. The van der Waals surface area contributed by atoms with Gasteiger partial charge in [-0.3, -0.25) is 4.90 Å². The zero-order valence-electron chi connectivity index (χ0n) is 11.1. The molecule has 1 unspecified atom stereocenters. The van der Waals surface area contributed by atoms with Gasteiger partial charge in [0, 0.05) is 19.1 Å². The van der Waals surface area contributed by atoms with Gasteiger partial charge in [0.1, 0.15) is 12.0 Å². The van der Waals surface area contributed by atoms with Gasteiger partial charge in [0.15, 0.2) is 11.0 Å². The van der Waals surface area contributed by atoms with E-state index in [1.165, 1.54) is 45.1 Å². The third-order valence-electron chi connectivity index (χ3n) is 4.18. The van der Waals surface area contributed by atoms with Gasteiger partial charge in [-0.2, -0.15) is 0 Å². The average molecular weight is 282 g/mol. The lowest BCUT2D eigenvalue weighted by atomic mass is 10.1. The Morgan fingerprint density at radius 2 is 1.95 bits per heavy atom. The van der Waals surface area contributed by atoms with E-state index in [0.29, 0.717) is 16.9 Å². The molecule has 0 spiro atoms. The first-order valence-electron chi connectivity index (χ1n) is 7.00. The van der Waals surface area contributed by atoms with E-state index in [4.69, 9.17) is 17.3 Å². The number of nitrogens with two attached hydrogens (primary N) is 1. The number of aromatic nitrogens is 2. The minimum Gasteiger partial charge on any atom is -0.393 e. The standard InChI is InChI=1S/C13H20ClN5/c14-12-11(15)13(17-9-16-12)19-7-4-10(8-19)18-5-2-1-3-6-18/h9-10H,1-8,15H2. The van der Waals surface area contributed by atoms with Crippen molar-refractivity contribution in [1.82, 2.24) is 14.9 Å². The molecule has 6 heteroatoms. The van der Waals surface area contributed by atoms with Gasteiger partial charge in [0.2, 0.25) is 0 Å². The molecule has 2 aliphatic rings. The monoisotopic (exact) mass is 281 g/mol. The van der Waals surface area contributed by atoms with E-state index in [2.05, 4.69) is 19.8 Å². The Kier molecular flexibility index (Phi) is 3.75. The van der Waals surface area contributed by atoms with Crippen LogP contribution in [0.25, 0.3) is 0 Å². The molecule has 2 fully saturated rings. The Morgan fingerprint density at radius 3 is 2.74 bits per heavy atom. The first-order valence-corrected chi connectivity index (χ1v) is 7.38. The molecule has 0 aliphatic carbocycles. The molecule has 3 rings (SSSR count). The number of halogens is 1. The maximum atomic E-state index is 5.97. The molecule has 0 radical (unpaired) electrons. The predicted molar refractivity (Wildman–Crippen MR) is 77.5 cm³/mol. The summed E-state index contributed by atoms with van der Waals surface area (Å²) in [7, 11) is 0. The Labute approximate surface area is 118 Å². The second-order valence-corrected chi connectivity index (χ2v) is 5.74. The van der Waals surface area contributed by atoms with E-state index in [1.54, 1.807) is 0 Å². The number of hydrogen-bond donors (Lipinski definition) is 1. The van der Waals surface area contributed by atoms with E-state index < -0.39 is 0 Å². The van der Waals surface area contributed by atoms with Crippen LogP contribution in [0.3, 0.4) is 0 Å². The fourth-order valence-corrected chi connectivity index (χ4v) is 3.26. The van der Waals surface area contributed by atoms with E-state index in [9.17, 15) is 0 Å². The summed E-state index contributed by atoms with van der Waals surface area (Å²) in [6.07, 6.45) is 6.71. The van der Waals surface area contributed by atoms with Crippen LogP contribution in [0.2, 0.25) is 5.15 Å². The molecule has 2 aliphatic heterocycles. The highest BCUT2D eigenvalue weighted by atomic mass is 35.5. The van der Waals surface area contributed by atoms with E-state index in [-0.39, 0.29) is 0 Å². The number of piperidine rings is 1. The third kappa shape index (κ3) is 2.62. The summed E-state index contributed by atoms with van der Waals surface area (Å²) >= 11 is 5.96. The van der Waals surface area contributed by atoms with Crippen molar-refractivity contribution in [2.45, 2.75) is 31.7 Å². The van der Waals surface area contributed by atoms with Gasteiger partial charge in [0.05, 0.1) is 0 Å².